The number of nitrogen functional groups attached to an aromatic ring is 1. The van der Waals surface area contributed by atoms with Crippen LogP contribution in [0.1, 0.15) is 19.8 Å². The van der Waals surface area contributed by atoms with Crippen molar-refractivity contribution in [3.8, 4) is 0 Å². The smallest absolute Gasteiger partial charge is 0.242 e. The third-order valence-corrected chi connectivity index (χ3v) is 2.59. The number of rotatable bonds is 4. The third-order valence-electron chi connectivity index (χ3n) is 2.59. The number of nitrogens with one attached hydrogen (secondary N) is 2. The van der Waals surface area contributed by atoms with Gasteiger partial charge in [-0.1, -0.05) is 6.07 Å². The number of nitrogens with two attached hydrogens (primary N) is 1. The number of hydrogen-bond acceptors (Lipinski definition) is 3. The van der Waals surface area contributed by atoms with Gasteiger partial charge >= 0.3 is 0 Å². The Morgan fingerprint density at radius 1 is 1.50 bits per heavy atom. The van der Waals surface area contributed by atoms with E-state index < -0.39 is 0 Å². The lowest BCUT2D eigenvalue weighted by atomic mass is 10.2. The average Bonchev–Trinajstić information content (AvgIpc) is 3.01. The van der Waals surface area contributed by atoms with Crippen LogP contribution in [0.15, 0.2) is 24.3 Å². The summed E-state index contributed by atoms with van der Waals surface area (Å²) in [5, 5.41) is 6.08. The molecular formula is C12H17N3O. The average molecular weight is 219 g/mol. The monoisotopic (exact) mass is 219 g/mol. The molecule has 1 aromatic rings. The number of carbonyl (C=O) groups is 1. The highest BCUT2D eigenvalue weighted by Crippen LogP contribution is 2.19. The maximum Gasteiger partial charge on any atom is 0.242 e. The minimum atomic E-state index is -0.234. The Hall–Kier alpha value is -1.71. The molecule has 0 radical (unpaired) electrons. The maximum absolute atomic E-state index is 11.7. The van der Waals surface area contributed by atoms with Crippen molar-refractivity contribution >= 4 is 17.3 Å². The maximum atomic E-state index is 11.7. The molecule has 0 saturated heterocycles. The minimum Gasteiger partial charge on any atom is -0.399 e. The third kappa shape index (κ3) is 2.89. The Labute approximate surface area is 95.2 Å². The van der Waals surface area contributed by atoms with Crippen molar-refractivity contribution in [2.75, 3.05) is 11.1 Å². The normalized spacial score (nSPS) is 16.6. The molecule has 0 aliphatic heterocycles. The molecule has 4 heteroatoms. The number of carbonyl (C=O) groups excluding carboxylic acids is 1. The number of amides is 1. The molecule has 4 N–H and O–H groups in total. The lowest BCUT2D eigenvalue weighted by Crippen LogP contribution is -2.38. The van der Waals surface area contributed by atoms with Crippen LogP contribution in [0.3, 0.4) is 0 Å². The topological polar surface area (TPSA) is 67.1 Å². The molecule has 0 aromatic heterocycles. The van der Waals surface area contributed by atoms with Crippen LogP contribution in [0.4, 0.5) is 11.4 Å². The molecule has 86 valence electrons. The Morgan fingerprint density at radius 2 is 2.25 bits per heavy atom. The highest BCUT2D eigenvalue weighted by Gasteiger charge is 2.25. The van der Waals surface area contributed by atoms with Crippen molar-refractivity contribution in [2.45, 2.75) is 31.8 Å². The fourth-order valence-corrected chi connectivity index (χ4v) is 1.50. The first-order valence-electron chi connectivity index (χ1n) is 5.57. The predicted molar refractivity (Wildman–Crippen MR) is 65.1 cm³/mol. The van der Waals surface area contributed by atoms with Gasteiger partial charge < -0.3 is 16.4 Å². The van der Waals surface area contributed by atoms with E-state index in [9.17, 15) is 4.79 Å². The van der Waals surface area contributed by atoms with Crippen molar-refractivity contribution in [3.05, 3.63) is 24.3 Å². The van der Waals surface area contributed by atoms with Gasteiger partial charge in [-0.3, -0.25) is 4.79 Å². The Balaban J connectivity index is 1.90. The van der Waals surface area contributed by atoms with Crippen LogP contribution < -0.4 is 16.4 Å². The van der Waals surface area contributed by atoms with E-state index in [1.807, 2.05) is 31.2 Å². The van der Waals surface area contributed by atoms with Crippen LogP contribution in [0, 0.1) is 0 Å². The molecule has 4 nitrogen and oxygen atoms in total. The molecule has 1 unspecified atom stereocenters. The van der Waals surface area contributed by atoms with Gasteiger partial charge in [-0.15, -0.1) is 0 Å². The molecule has 1 aliphatic carbocycles. The van der Waals surface area contributed by atoms with Crippen molar-refractivity contribution < 1.29 is 4.79 Å². The molecule has 1 atom stereocenters. The summed E-state index contributed by atoms with van der Waals surface area (Å²) < 4.78 is 0. The summed E-state index contributed by atoms with van der Waals surface area (Å²) >= 11 is 0. The summed E-state index contributed by atoms with van der Waals surface area (Å²) in [7, 11) is 0. The van der Waals surface area contributed by atoms with Gasteiger partial charge in [0.2, 0.25) is 5.91 Å². The Kier molecular flexibility index (Phi) is 2.99. The second-order valence-corrected chi connectivity index (χ2v) is 4.27. The lowest BCUT2D eigenvalue weighted by Gasteiger charge is -2.15. The highest BCUT2D eigenvalue weighted by atomic mass is 16.2. The zero-order valence-corrected chi connectivity index (χ0v) is 9.36. The molecule has 2 rings (SSSR count). The minimum absolute atomic E-state index is 0.0462. The van der Waals surface area contributed by atoms with Crippen LogP contribution in [-0.2, 0) is 4.79 Å². The van der Waals surface area contributed by atoms with Gasteiger partial charge in [-0.2, -0.15) is 0 Å². The first-order chi connectivity index (χ1) is 7.65. The Morgan fingerprint density at radius 3 is 2.88 bits per heavy atom. The van der Waals surface area contributed by atoms with Gasteiger partial charge in [0.1, 0.15) is 6.04 Å². The number of hydrogen-bond donors (Lipinski definition) is 3. The van der Waals surface area contributed by atoms with Crippen LogP contribution in [0.5, 0.6) is 0 Å². The molecule has 1 amide bonds. The molecule has 1 aliphatic rings. The van der Waals surface area contributed by atoms with Gasteiger partial charge in [0, 0.05) is 17.4 Å². The van der Waals surface area contributed by atoms with E-state index in [1.54, 1.807) is 0 Å². The number of benzene rings is 1. The summed E-state index contributed by atoms with van der Waals surface area (Å²) in [5.41, 5.74) is 7.23. The zero-order chi connectivity index (χ0) is 11.5. The summed E-state index contributed by atoms with van der Waals surface area (Å²) in [4.78, 5) is 11.7. The van der Waals surface area contributed by atoms with Gasteiger partial charge in [0.25, 0.3) is 0 Å². The van der Waals surface area contributed by atoms with E-state index in [0.717, 1.165) is 18.5 Å². The molecule has 0 bridgehead atoms. The first kappa shape index (κ1) is 10.8. The molecule has 1 saturated carbocycles. The Bertz CT molecular complexity index is 388. The quantitative estimate of drug-likeness (QED) is 0.670. The van der Waals surface area contributed by atoms with E-state index in [0.29, 0.717) is 11.7 Å². The van der Waals surface area contributed by atoms with Crippen molar-refractivity contribution in [3.63, 3.8) is 0 Å². The van der Waals surface area contributed by atoms with Crippen LogP contribution in [-0.4, -0.2) is 18.0 Å². The molecule has 0 spiro atoms. The van der Waals surface area contributed by atoms with Crippen LogP contribution >= 0.6 is 0 Å². The number of anilines is 2. The molecule has 1 fully saturated rings. The van der Waals surface area contributed by atoms with E-state index in [2.05, 4.69) is 10.6 Å². The SMILES string of the molecule is CC(Nc1cccc(N)c1)C(=O)NC1CC1. The van der Waals surface area contributed by atoms with E-state index in [1.165, 1.54) is 0 Å². The van der Waals surface area contributed by atoms with E-state index >= 15 is 0 Å². The van der Waals surface area contributed by atoms with Crippen molar-refractivity contribution in [1.82, 2.24) is 5.32 Å². The van der Waals surface area contributed by atoms with Gasteiger partial charge in [0.05, 0.1) is 0 Å². The molecule has 16 heavy (non-hydrogen) atoms. The van der Waals surface area contributed by atoms with Crippen molar-refractivity contribution in [2.24, 2.45) is 0 Å². The van der Waals surface area contributed by atoms with Gasteiger partial charge in [-0.05, 0) is 38.0 Å². The predicted octanol–water partition coefficient (Wildman–Crippen LogP) is 1.35. The van der Waals surface area contributed by atoms with Gasteiger partial charge in [-0.25, -0.2) is 0 Å². The second-order valence-electron chi connectivity index (χ2n) is 4.27. The van der Waals surface area contributed by atoms with Crippen molar-refractivity contribution in [1.29, 1.82) is 0 Å². The van der Waals surface area contributed by atoms with Crippen LogP contribution in [0.25, 0.3) is 0 Å². The summed E-state index contributed by atoms with van der Waals surface area (Å²) in [6, 6.07) is 7.57. The fraction of sp³-hybridized carbons (Fsp3) is 0.417. The largest absolute Gasteiger partial charge is 0.399 e. The second kappa shape index (κ2) is 4.43. The van der Waals surface area contributed by atoms with E-state index in [4.69, 9.17) is 5.73 Å². The van der Waals surface area contributed by atoms with Gasteiger partial charge in [0.15, 0.2) is 0 Å². The summed E-state index contributed by atoms with van der Waals surface area (Å²) in [5.74, 6) is 0.0462. The summed E-state index contributed by atoms with van der Waals surface area (Å²) in [6.07, 6.45) is 2.22. The first-order valence-corrected chi connectivity index (χ1v) is 5.57. The standard InChI is InChI=1S/C12H17N3O/c1-8(12(16)15-10-5-6-10)14-11-4-2-3-9(13)7-11/h2-4,7-8,10,14H,5-6,13H2,1H3,(H,15,16). The van der Waals surface area contributed by atoms with E-state index in [-0.39, 0.29) is 11.9 Å². The summed E-state index contributed by atoms with van der Waals surface area (Å²) in [6.45, 7) is 1.85. The molecule has 0 heterocycles. The zero-order valence-electron chi connectivity index (χ0n) is 9.36. The molecule has 1 aromatic carbocycles. The van der Waals surface area contributed by atoms with Crippen LogP contribution in [0.2, 0.25) is 0 Å². The fourth-order valence-electron chi connectivity index (χ4n) is 1.50. The lowest BCUT2D eigenvalue weighted by molar-refractivity contribution is -0.121. The molecular weight excluding hydrogens is 202 g/mol. The highest BCUT2D eigenvalue weighted by molar-refractivity contribution is 5.84.